The van der Waals surface area contributed by atoms with Gasteiger partial charge in [-0.05, 0) is 20.9 Å². The van der Waals surface area contributed by atoms with Crippen LogP contribution in [0.1, 0.15) is 25.5 Å². The summed E-state index contributed by atoms with van der Waals surface area (Å²) in [5.41, 5.74) is 0.873. The van der Waals surface area contributed by atoms with Crippen molar-refractivity contribution in [2.24, 2.45) is 7.05 Å². The minimum Gasteiger partial charge on any atom is -0.352 e. The number of aryl methyl sites for hydroxylation is 1. The van der Waals surface area contributed by atoms with E-state index in [2.05, 4.69) is 15.7 Å². The van der Waals surface area contributed by atoms with Gasteiger partial charge in [0, 0.05) is 24.8 Å². The number of carbonyl (C=O) groups is 1. The van der Waals surface area contributed by atoms with Gasteiger partial charge < -0.3 is 10.6 Å². The summed E-state index contributed by atoms with van der Waals surface area (Å²) in [7, 11) is 3.59. The van der Waals surface area contributed by atoms with Crippen LogP contribution in [0, 0.1) is 0 Å². The number of amides is 1. The molecule has 84 valence electrons. The van der Waals surface area contributed by atoms with Gasteiger partial charge in [0.2, 0.25) is 5.91 Å². The van der Waals surface area contributed by atoms with Crippen molar-refractivity contribution >= 4 is 5.91 Å². The van der Waals surface area contributed by atoms with Gasteiger partial charge in [-0.15, -0.1) is 0 Å². The molecular weight excluding hydrogens is 192 g/mol. The summed E-state index contributed by atoms with van der Waals surface area (Å²) in [5, 5.41) is 9.88. The maximum Gasteiger partial charge on any atom is 0.242 e. The van der Waals surface area contributed by atoms with Crippen molar-refractivity contribution in [1.82, 2.24) is 20.4 Å². The van der Waals surface area contributed by atoms with Gasteiger partial charge in [0.15, 0.2) is 0 Å². The molecule has 5 heteroatoms. The van der Waals surface area contributed by atoms with E-state index in [-0.39, 0.29) is 18.0 Å². The fourth-order valence-corrected chi connectivity index (χ4v) is 1.41. The molecule has 5 nitrogen and oxygen atoms in total. The third-order valence-corrected chi connectivity index (χ3v) is 2.04. The van der Waals surface area contributed by atoms with Crippen LogP contribution in [0.2, 0.25) is 0 Å². The maximum absolute atomic E-state index is 11.8. The van der Waals surface area contributed by atoms with E-state index in [0.29, 0.717) is 0 Å². The Hall–Kier alpha value is -1.36. The Morgan fingerprint density at radius 2 is 2.20 bits per heavy atom. The zero-order valence-electron chi connectivity index (χ0n) is 9.61. The SMILES string of the molecule is CNC(C(=O)NC(C)C)c1cnn(C)c1. The summed E-state index contributed by atoms with van der Waals surface area (Å²) < 4.78 is 1.68. The average Bonchev–Trinajstić information content (AvgIpc) is 2.51. The van der Waals surface area contributed by atoms with Crippen molar-refractivity contribution in [3.63, 3.8) is 0 Å². The second-order valence-corrected chi connectivity index (χ2v) is 3.83. The summed E-state index contributed by atoms with van der Waals surface area (Å²) in [6.45, 7) is 3.88. The highest BCUT2D eigenvalue weighted by atomic mass is 16.2. The lowest BCUT2D eigenvalue weighted by atomic mass is 10.1. The number of hydrogen-bond acceptors (Lipinski definition) is 3. The summed E-state index contributed by atoms with van der Waals surface area (Å²) >= 11 is 0. The highest BCUT2D eigenvalue weighted by Gasteiger charge is 2.20. The highest BCUT2D eigenvalue weighted by Crippen LogP contribution is 2.11. The van der Waals surface area contributed by atoms with Gasteiger partial charge in [-0.3, -0.25) is 9.48 Å². The number of nitrogens with zero attached hydrogens (tertiary/aromatic N) is 2. The van der Waals surface area contributed by atoms with Crippen molar-refractivity contribution < 1.29 is 4.79 Å². The van der Waals surface area contributed by atoms with Gasteiger partial charge >= 0.3 is 0 Å². The first-order valence-corrected chi connectivity index (χ1v) is 5.00. The first-order chi connectivity index (χ1) is 7.04. The lowest BCUT2D eigenvalue weighted by Crippen LogP contribution is -2.39. The molecule has 0 aliphatic heterocycles. The van der Waals surface area contributed by atoms with Gasteiger partial charge in [0.25, 0.3) is 0 Å². The number of hydrogen-bond donors (Lipinski definition) is 2. The Kier molecular flexibility index (Phi) is 3.85. The van der Waals surface area contributed by atoms with Crippen LogP contribution in [-0.4, -0.2) is 28.8 Å². The summed E-state index contributed by atoms with van der Waals surface area (Å²) in [4.78, 5) is 11.8. The summed E-state index contributed by atoms with van der Waals surface area (Å²) in [6.07, 6.45) is 3.53. The molecule has 0 spiro atoms. The molecule has 0 aromatic carbocycles. The van der Waals surface area contributed by atoms with Gasteiger partial charge in [0.05, 0.1) is 6.20 Å². The molecule has 0 saturated heterocycles. The van der Waals surface area contributed by atoms with E-state index in [1.165, 1.54) is 0 Å². The van der Waals surface area contributed by atoms with E-state index >= 15 is 0 Å². The standard InChI is InChI=1S/C10H18N4O/c1-7(2)13-10(15)9(11-3)8-5-12-14(4)6-8/h5-7,9,11H,1-4H3,(H,13,15). The van der Waals surface area contributed by atoms with E-state index in [0.717, 1.165) is 5.56 Å². The van der Waals surface area contributed by atoms with Crippen molar-refractivity contribution in [2.45, 2.75) is 25.9 Å². The monoisotopic (exact) mass is 210 g/mol. The Morgan fingerprint density at radius 3 is 2.60 bits per heavy atom. The fraction of sp³-hybridized carbons (Fsp3) is 0.600. The third-order valence-electron chi connectivity index (χ3n) is 2.04. The molecule has 1 amide bonds. The lowest BCUT2D eigenvalue weighted by molar-refractivity contribution is -0.123. The first-order valence-electron chi connectivity index (χ1n) is 5.00. The second-order valence-electron chi connectivity index (χ2n) is 3.83. The van der Waals surface area contributed by atoms with Crippen molar-refractivity contribution in [1.29, 1.82) is 0 Å². The molecule has 0 aliphatic carbocycles. The van der Waals surface area contributed by atoms with Gasteiger partial charge in [0.1, 0.15) is 6.04 Å². The zero-order valence-corrected chi connectivity index (χ0v) is 9.61. The quantitative estimate of drug-likeness (QED) is 0.746. The predicted octanol–water partition coefficient (Wildman–Crippen LogP) is 0.205. The smallest absolute Gasteiger partial charge is 0.242 e. The highest BCUT2D eigenvalue weighted by molar-refractivity contribution is 5.83. The van der Waals surface area contributed by atoms with Crippen molar-refractivity contribution in [2.75, 3.05) is 7.05 Å². The van der Waals surface area contributed by atoms with E-state index < -0.39 is 0 Å². The van der Waals surface area contributed by atoms with Crippen LogP contribution in [0.4, 0.5) is 0 Å². The van der Waals surface area contributed by atoms with Crippen LogP contribution in [0.25, 0.3) is 0 Å². The first kappa shape index (κ1) is 11.7. The minimum atomic E-state index is -0.332. The molecular formula is C10H18N4O. The predicted molar refractivity (Wildman–Crippen MR) is 58.3 cm³/mol. The lowest BCUT2D eigenvalue weighted by Gasteiger charge is -2.16. The second kappa shape index (κ2) is 4.93. The molecule has 1 aromatic heterocycles. The third kappa shape index (κ3) is 3.06. The topological polar surface area (TPSA) is 59.0 Å². The Balaban J connectivity index is 2.75. The molecule has 0 radical (unpaired) electrons. The van der Waals surface area contributed by atoms with Crippen LogP contribution in [-0.2, 0) is 11.8 Å². The summed E-state index contributed by atoms with van der Waals surface area (Å²) in [6, 6.07) is -0.189. The number of rotatable bonds is 4. The van der Waals surface area contributed by atoms with Crippen LogP contribution in [0.5, 0.6) is 0 Å². The van der Waals surface area contributed by atoms with E-state index in [1.54, 1.807) is 17.9 Å². The molecule has 1 atom stereocenters. The normalized spacial score (nSPS) is 12.9. The molecule has 15 heavy (non-hydrogen) atoms. The number of likely N-dealkylation sites (N-methyl/N-ethyl adjacent to an activating group) is 1. The van der Waals surface area contributed by atoms with Crippen LogP contribution < -0.4 is 10.6 Å². The van der Waals surface area contributed by atoms with E-state index in [4.69, 9.17) is 0 Å². The molecule has 1 rings (SSSR count). The molecule has 0 aliphatic rings. The molecule has 0 fully saturated rings. The average molecular weight is 210 g/mol. The van der Waals surface area contributed by atoms with Gasteiger partial charge in [-0.25, -0.2) is 0 Å². The molecule has 2 N–H and O–H groups in total. The largest absolute Gasteiger partial charge is 0.352 e. The molecule has 0 saturated carbocycles. The number of aromatic nitrogens is 2. The van der Waals surface area contributed by atoms with Gasteiger partial charge in [-0.2, -0.15) is 5.10 Å². The Morgan fingerprint density at radius 1 is 1.53 bits per heavy atom. The fourth-order valence-electron chi connectivity index (χ4n) is 1.41. The maximum atomic E-state index is 11.8. The van der Waals surface area contributed by atoms with Crippen molar-refractivity contribution in [3.05, 3.63) is 18.0 Å². The molecule has 0 bridgehead atoms. The van der Waals surface area contributed by atoms with Crippen LogP contribution in [0.15, 0.2) is 12.4 Å². The van der Waals surface area contributed by atoms with E-state index in [9.17, 15) is 4.79 Å². The number of carbonyl (C=O) groups excluding carboxylic acids is 1. The Bertz CT molecular complexity index is 332. The Labute approximate surface area is 89.9 Å². The van der Waals surface area contributed by atoms with E-state index in [1.807, 2.05) is 27.1 Å². The summed E-state index contributed by atoms with van der Waals surface area (Å²) in [5.74, 6) is -0.0273. The molecule has 1 unspecified atom stereocenters. The van der Waals surface area contributed by atoms with Crippen LogP contribution >= 0.6 is 0 Å². The molecule has 1 aromatic rings. The zero-order chi connectivity index (χ0) is 11.4. The van der Waals surface area contributed by atoms with Gasteiger partial charge in [-0.1, -0.05) is 0 Å². The minimum absolute atomic E-state index is 0.0273. The van der Waals surface area contributed by atoms with Crippen molar-refractivity contribution in [3.8, 4) is 0 Å². The molecule has 1 heterocycles. The van der Waals surface area contributed by atoms with Crippen LogP contribution in [0.3, 0.4) is 0 Å². The number of nitrogens with one attached hydrogen (secondary N) is 2.